The van der Waals surface area contributed by atoms with Gasteiger partial charge in [-0.25, -0.2) is 0 Å². The summed E-state index contributed by atoms with van der Waals surface area (Å²) < 4.78 is 0. The average molecular weight is 327 g/mol. The standard InChI is InChI=1S/C15H21NO7/c1-5-3-7(4-6(2)9(5)17)15(23)16-8-10(18)12(20)14(22)13(21)11(8)19/h3-4,8,10-14,17-22H,1-2H3,(H,16,23)/t8?,10-,11+,12+,13-,14?. The Bertz CT molecular complexity index is 566. The van der Waals surface area contributed by atoms with E-state index in [0.717, 1.165) is 0 Å². The second kappa shape index (κ2) is 6.42. The summed E-state index contributed by atoms with van der Waals surface area (Å²) in [5.74, 6) is -0.594. The fourth-order valence-corrected chi connectivity index (χ4v) is 2.73. The topological polar surface area (TPSA) is 150 Å². The molecular formula is C15H21NO7. The molecule has 8 nitrogen and oxygen atoms in total. The van der Waals surface area contributed by atoms with Gasteiger partial charge in [-0.1, -0.05) is 0 Å². The third-order valence-corrected chi connectivity index (χ3v) is 4.19. The van der Waals surface area contributed by atoms with E-state index < -0.39 is 42.5 Å². The minimum atomic E-state index is -1.72. The summed E-state index contributed by atoms with van der Waals surface area (Å²) >= 11 is 0. The van der Waals surface area contributed by atoms with Crippen LogP contribution >= 0.6 is 0 Å². The number of phenols is 1. The maximum Gasteiger partial charge on any atom is 0.251 e. The summed E-state index contributed by atoms with van der Waals surface area (Å²) in [4.78, 5) is 12.3. The molecule has 2 rings (SSSR count). The number of benzene rings is 1. The van der Waals surface area contributed by atoms with Crippen LogP contribution in [0.2, 0.25) is 0 Å². The lowest BCUT2D eigenvalue weighted by molar-refractivity contribution is -0.188. The molecule has 0 heterocycles. The van der Waals surface area contributed by atoms with Gasteiger partial charge in [0.2, 0.25) is 0 Å². The zero-order valence-electron chi connectivity index (χ0n) is 12.7. The molecule has 6 atom stereocenters. The van der Waals surface area contributed by atoms with Crippen molar-refractivity contribution >= 4 is 5.91 Å². The Balaban J connectivity index is 2.22. The number of rotatable bonds is 2. The Labute approximate surface area is 132 Å². The highest BCUT2D eigenvalue weighted by molar-refractivity contribution is 5.95. The number of amides is 1. The van der Waals surface area contributed by atoms with E-state index >= 15 is 0 Å². The van der Waals surface area contributed by atoms with Crippen molar-refractivity contribution in [3.05, 3.63) is 28.8 Å². The predicted molar refractivity (Wildman–Crippen MR) is 78.9 cm³/mol. The van der Waals surface area contributed by atoms with Crippen LogP contribution in [0.15, 0.2) is 12.1 Å². The number of hydrogen-bond acceptors (Lipinski definition) is 7. The number of carbonyl (C=O) groups excluding carboxylic acids is 1. The highest BCUT2D eigenvalue weighted by Crippen LogP contribution is 2.24. The number of phenolic OH excluding ortho intramolecular Hbond substituents is 1. The molecule has 1 fully saturated rings. The minimum Gasteiger partial charge on any atom is -0.507 e. The van der Waals surface area contributed by atoms with Gasteiger partial charge in [-0.15, -0.1) is 0 Å². The lowest BCUT2D eigenvalue weighted by Crippen LogP contribution is -2.68. The Kier molecular flexibility index (Phi) is 4.92. The molecule has 1 amide bonds. The molecule has 1 saturated carbocycles. The van der Waals surface area contributed by atoms with Crippen LogP contribution in [0, 0.1) is 13.8 Å². The van der Waals surface area contributed by atoms with E-state index in [1.165, 1.54) is 12.1 Å². The van der Waals surface area contributed by atoms with Crippen molar-refractivity contribution in [1.29, 1.82) is 0 Å². The van der Waals surface area contributed by atoms with Crippen LogP contribution in [0.1, 0.15) is 21.5 Å². The fraction of sp³-hybridized carbons (Fsp3) is 0.533. The van der Waals surface area contributed by atoms with Gasteiger partial charge in [-0.2, -0.15) is 0 Å². The number of hydrogen-bond donors (Lipinski definition) is 7. The molecule has 128 valence electrons. The summed E-state index contributed by atoms with van der Waals surface area (Å²) in [5.41, 5.74) is 1.15. The second-order valence-electron chi connectivity index (χ2n) is 5.91. The molecule has 0 aromatic heterocycles. The number of aryl methyl sites for hydroxylation is 2. The monoisotopic (exact) mass is 327 g/mol. The van der Waals surface area contributed by atoms with Crippen LogP contribution in [0.25, 0.3) is 0 Å². The first kappa shape index (κ1) is 17.6. The van der Waals surface area contributed by atoms with Gasteiger partial charge in [0.1, 0.15) is 36.3 Å². The van der Waals surface area contributed by atoms with E-state index in [0.29, 0.717) is 11.1 Å². The lowest BCUT2D eigenvalue weighted by atomic mass is 9.83. The van der Waals surface area contributed by atoms with Gasteiger partial charge in [0.05, 0.1) is 6.04 Å². The van der Waals surface area contributed by atoms with Gasteiger partial charge in [-0.3, -0.25) is 4.79 Å². The van der Waals surface area contributed by atoms with Gasteiger partial charge in [0.25, 0.3) is 5.91 Å². The molecule has 0 radical (unpaired) electrons. The molecule has 2 unspecified atom stereocenters. The van der Waals surface area contributed by atoms with Gasteiger partial charge in [0, 0.05) is 5.56 Å². The molecular weight excluding hydrogens is 306 g/mol. The van der Waals surface area contributed by atoms with Crippen LogP contribution in [0.3, 0.4) is 0 Å². The molecule has 0 bridgehead atoms. The third-order valence-electron chi connectivity index (χ3n) is 4.19. The normalized spacial score (nSPS) is 34.2. The quantitative estimate of drug-likeness (QED) is 0.329. The average Bonchev–Trinajstić information content (AvgIpc) is 2.52. The third kappa shape index (κ3) is 3.17. The number of nitrogens with one attached hydrogen (secondary N) is 1. The molecule has 23 heavy (non-hydrogen) atoms. The van der Waals surface area contributed by atoms with Crippen LogP contribution in [0.5, 0.6) is 5.75 Å². The largest absolute Gasteiger partial charge is 0.507 e. The molecule has 7 N–H and O–H groups in total. The number of aliphatic hydroxyl groups is 5. The van der Waals surface area contributed by atoms with E-state index in [1.54, 1.807) is 13.8 Å². The molecule has 1 aliphatic rings. The maximum absolute atomic E-state index is 12.3. The van der Waals surface area contributed by atoms with E-state index in [9.17, 15) is 35.4 Å². The summed E-state index contributed by atoms with van der Waals surface area (Å²) in [7, 11) is 0. The molecule has 1 aliphatic carbocycles. The lowest BCUT2D eigenvalue weighted by Gasteiger charge is -2.42. The van der Waals surface area contributed by atoms with Gasteiger partial charge in [-0.05, 0) is 37.1 Å². The fourth-order valence-electron chi connectivity index (χ4n) is 2.73. The summed E-state index contributed by atoms with van der Waals surface area (Å²) in [6.07, 6.45) is -8.42. The Morgan fingerprint density at radius 2 is 1.26 bits per heavy atom. The smallest absolute Gasteiger partial charge is 0.251 e. The zero-order valence-corrected chi connectivity index (χ0v) is 12.7. The van der Waals surface area contributed by atoms with Crippen molar-refractivity contribution in [1.82, 2.24) is 5.32 Å². The number of aromatic hydroxyl groups is 1. The Morgan fingerprint density at radius 1 is 0.870 bits per heavy atom. The molecule has 0 saturated heterocycles. The molecule has 0 spiro atoms. The van der Waals surface area contributed by atoms with Crippen molar-refractivity contribution in [2.45, 2.75) is 50.4 Å². The maximum atomic E-state index is 12.3. The van der Waals surface area contributed by atoms with Crippen molar-refractivity contribution in [2.75, 3.05) is 0 Å². The molecule has 0 aliphatic heterocycles. The van der Waals surface area contributed by atoms with Gasteiger partial charge in [0.15, 0.2) is 0 Å². The van der Waals surface area contributed by atoms with Crippen molar-refractivity contribution in [2.24, 2.45) is 0 Å². The second-order valence-corrected chi connectivity index (χ2v) is 5.91. The minimum absolute atomic E-state index is 0.0632. The molecule has 8 heteroatoms. The summed E-state index contributed by atoms with van der Waals surface area (Å²) in [6, 6.07) is 1.51. The van der Waals surface area contributed by atoms with E-state index in [-0.39, 0.29) is 11.3 Å². The highest BCUT2D eigenvalue weighted by Gasteiger charge is 2.48. The van der Waals surface area contributed by atoms with Crippen LogP contribution in [0.4, 0.5) is 0 Å². The van der Waals surface area contributed by atoms with E-state index in [1.807, 2.05) is 0 Å². The van der Waals surface area contributed by atoms with E-state index in [4.69, 9.17) is 0 Å². The van der Waals surface area contributed by atoms with Crippen molar-refractivity contribution in [3.8, 4) is 5.75 Å². The number of carbonyl (C=O) groups is 1. The van der Waals surface area contributed by atoms with Crippen LogP contribution < -0.4 is 5.32 Å². The van der Waals surface area contributed by atoms with Crippen molar-refractivity contribution < 1.29 is 35.4 Å². The highest BCUT2D eigenvalue weighted by atomic mass is 16.4. The molecule has 1 aromatic rings. The summed E-state index contributed by atoms with van der Waals surface area (Å²) in [6.45, 7) is 3.24. The summed E-state index contributed by atoms with van der Waals surface area (Å²) in [5, 5.41) is 60.7. The Morgan fingerprint density at radius 3 is 1.70 bits per heavy atom. The van der Waals surface area contributed by atoms with Crippen LogP contribution in [-0.2, 0) is 0 Å². The van der Waals surface area contributed by atoms with Crippen molar-refractivity contribution in [3.63, 3.8) is 0 Å². The van der Waals surface area contributed by atoms with Gasteiger partial charge < -0.3 is 36.0 Å². The Hall–Kier alpha value is -1.71. The van der Waals surface area contributed by atoms with E-state index in [2.05, 4.69) is 5.32 Å². The SMILES string of the molecule is Cc1cc(C(=O)NC2[C@@H](O)[C@H](O)C(O)[C@H](O)[C@H]2O)cc(C)c1O. The van der Waals surface area contributed by atoms with Gasteiger partial charge >= 0.3 is 0 Å². The first-order valence-electron chi connectivity index (χ1n) is 7.16. The number of aliphatic hydroxyl groups excluding tert-OH is 5. The first-order valence-corrected chi connectivity index (χ1v) is 7.16. The molecule has 1 aromatic carbocycles. The van der Waals surface area contributed by atoms with Crippen LogP contribution in [-0.4, -0.2) is 73.1 Å². The first-order chi connectivity index (χ1) is 10.6. The predicted octanol–water partition coefficient (Wildman–Crippen LogP) is -2.07. The zero-order chi connectivity index (χ0) is 17.5.